The molecule has 0 bridgehead atoms. The predicted molar refractivity (Wildman–Crippen MR) is 67.7 cm³/mol. The minimum Gasteiger partial charge on any atom is -0.478 e. The van der Waals surface area contributed by atoms with E-state index in [0.29, 0.717) is 0 Å². The molecule has 0 aliphatic carbocycles. The highest BCUT2D eigenvalue weighted by Gasteiger charge is 2.16. The largest absolute Gasteiger partial charge is 0.478 e. The van der Waals surface area contributed by atoms with Crippen molar-refractivity contribution in [1.82, 2.24) is 4.98 Å². The lowest BCUT2D eigenvalue weighted by molar-refractivity contribution is 0.0696. The number of halogens is 3. The number of carboxylic acids is 1. The van der Waals surface area contributed by atoms with E-state index in [9.17, 15) is 9.18 Å². The standard InChI is InChI=1S/C12H6Cl2FNO3/c13-7-2-1-3-8(10(7)15)19-11-9(14)6(12(17)18)4-5-16-11/h1-5H,(H,17,18). The van der Waals surface area contributed by atoms with Gasteiger partial charge in [0.15, 0.2) is 11.6 Å². The number of benzene rings is 1. The molecular weight excluding hydrogens is 296 g/mol. The Kier molecular flexibility index (Phi) is 3.87. The fraction of sp³-hybridized carbons (Fsp3) is 0. The minimum absolute atomic E-state index is 0.122. The van der Waals surface area contributed by atoms with E-state index in [1.807, 2.05) is 0 Å². The van der Waals surface area contributed by atoms with Crippen LogP contribution in [0.4, 0.5) is 4.39 Å². The average Bonchev–Trinajstić information content (AvgIpc) is 2.37. The van der Waals surface area contributed by atoms with E-state index in [1.54, 1.807) is 0 Å². The van der Waals surface area contributed by atoms with Gasteiger partial charge in [0.25, 0.3) is 0 Å². The molecule has 0 fully saturated rings. The van der Waals surface area contributed by atoms with Gasteiger partial charge in [-0.05, 0) is 18.2 Å². The number of carboxylic acid groups (broad SMARTS) is 1. The molecule has 19 heavy (non-hydrogen) atoms. The van der Waals surface area contributed by atoms with Crippen molar-refractivity contribution < 1.29 is 19.0 Å². The quantitative estimate of drug-likeness (QED) is 0.930. The molecule has 0 saturated carbocycles. The van der Waals surface area contributed by atoms with Crippen LogP contribution in [0.15, 0.2) is 30.5 Å². The summed E-state index contributed by atoms with van der Waals surface area (Å²) >= 11 is 11.4. The molecule has 0 atom stereocenters. The maximum atomic E-state index is 13.6. The van der Waals surface area contributed by atoms with Crippen molar-refractivity contribution in [3.05, 3.63) is 51.9 Å². The number of carbonyl (C=O) groups is 1. The van der Waals surface area contributed by atoms with Crippen LogP contribution in [0.2, 0.25) is 10.0 Å². The Morgan fingerprint density at radius 1 is 1.32 bits per heavy atom. The van der Waals surface area contributed by atoms with Crippen molar-refractivity contribution in [3.63, 3.8) is 0 Å². The number of aromatic nitrogens is 1. The summed E-state index contributed by atoms with van der Waals surface area (Å²) in [4.78, 5) is 14.6. The molecule has 0 saturated heterocycles. The molecule has 98 valence electrons. The fourth-order valence-corrected chi connectivity index (χ4v) is 1.72. The average molecular weight is 302 g/mol. The van der Waals surface area contributed by atoms with Gasteiger partial charge in [-0.25, -0.2) is 14.2 Å². The first-order valence-corrected chi connectivity index (χ1v) is 5.76. The van der Waals surface area contributed by atoms with Gasteiger partial charge in [0, 0.05) is 6.20 Å². The molecule has 1 N–H and O–H groups in total. The Bertz CT molecular complexity index is 649. The van der Waals surface area contributed by atoms with Crippen LogP contribution in [0.1, 0.15) is 10.4 Å². The monoisotopic (exact) mass is 301 g/mol. The fourth-order valence-electron chi connectivity index (χ4n) is 1.33. The number of pyridine rings is 1. The van der Waals surface area contributed by atoms with Gasteiger partial charge in [-0.1, -0.05) is 29.3 Å². The van der Waals surface area contributed by atoms with Gasteiger partial charge in [-0.3, -0.25) is 0 Å². The summed E-state index contributed by atoms with van der Waals surface area (Å²) in [6.45, 7) is 0. The van der Waals surface area contributed by atoms with E-state index >= 15 is 0 Å². The zero-order chi connectivity index (χ0) is 14.0. The Hall–Kier alpha value is -1.85. The second kappa shape index (κ2) is 5.42. The number of nitrogens with zero attached hydrogens (tertiary/aromatic N) is 1. The van der Waals surface area contributed by atoms with Crippen LogP contribution in [0, 0.1) is 5.82 Å². The first kappa shape index (κ1) is 13.6. The van der Waals surface area contributed by atoms with Crippen molar-refractivity contribution in [3.8, 4) is 11.6 Å². The Labute approximate surface area is 117 Å². The van der Waals surface area contributed by atoms with Gasteiger partial charge in [0.1, 0.15) is 5.02 Å². The van der Waals surface area contributed by atoms with Crippen molar-refractivity contribution in [2.75, 3.05) is 0 Å². The maximum absolute atomic E-state index is 13.6. The third-order valence-corrected chi connectivity index (χ3v) is 2.87. The lowest BCUT2D eigenvalue weighted by Gasteiger charge is -2.09. The van der Waals surface area contributed by atoms with Crippen LogP contribution in [0.5, 0.6) is 11.6 Å². The van der Waals surface area contributed by atoms with Gasteiger partial charge in [-0.15, -0.1) is 0 Å². The molecule has 2 rings (SSSR count). The summed E-state index contributed by atoms with van der Waals surface area (Å²) in [5.41, 5.74) is -0.186. The van der Waals surface area contributed by atoms with E-state index in [1.165, 1.54) is 30.5 Å². The number of rotatable bonds is 3. The van der Waals surface area contributed by atoms with Crippen molar-refractivity contribution in [1.29, 1.82) is 0 Å². The molecule has 0 amide bonds. The zero-order valence-electron chi connectivity index (χ0n) is 9.23. The van der Waals surface area contributed by atoms with Crippen LogP contribution in [-0.2, 0) is 0 Å². The number of hydrogen-bond acceptors (Lipinski definition) is 3. The van der Waals surface area contributed by atoms with Crippen LogP contribution >= 0.6 is 23.2 Å². The zero-order valence-corrected chi connectivity index (χ0v) is 10.7. The van der Waals surface area contributed by atoms with Crippen LogP contribution in [-0.4, -0.2) is 16.1 Å². The van der Waals surface area contributed by atoms with E-state index in [0.717, 1.165) is 0 Å². The lowest BCUT2D eigenvalue weighted by Crippen LogP contribution is -2.00. The molecule has 1 heterocycles. The highest BCUT2D eigenvalue weighted by molar-refractivity contribution is 6.34. The smallest absolute Gasteiger partial charge is 0.337 e. The highest BCUT2D eigenvalue weighted by Crippen LogP contribution is 2.32. The number of hydrogen-bond donors (Lipinski definition) is 1. The molecule has 0 unspecified atom stereocenters. The summed E-state index contributed by atoms with van der Waals surface area (Å²) in [5, 5.41) is 8.56. The topological polar surface area (TPSA) is 59.4 Å². The highest BCUT2D eigenvalue weighted by atomic mass is 35.5. The Balaban J connectivity index is 2.42. The maximum Gasteiger partial charge on any atom is 0.337 e. The van der Waals surface area contributed by atoms with Crippen LogP contribution in [0.3, 0.4) is 0 Å². The third-order valence-electron chi connectivity index (χ3n) is 2.21. The Morgan fingerprint density at radius 3 is 2.74 bits per heavy atom. The van der Waals surface area contributed by atoms with Gasteiger partial charge in [0.2, 0.25) is 5.88 Å². The van der Waals surface area contributed by atoms with Gasteiger partial charge in [-0.2, -0.15) is 0 Å². The summed E-state index contributed by atoms with van der Waals surface area (Å²) < 4.78 is 18.8. The number of aromatic carboxylic acids is 1. The predicted octanol–water partition coefficient (Wildman–Crippen LogP) is 4.02. The van der Waals surface area contributed by atoms with E-state index in [-0.39, 0.29) is 27.2 Å². The summed E-state index contributed by atoms with van der Waals surface area (Å²) in [7, 11) is 0. The SMILES string of the molecule is O=C(O)c1ccnc(Oc2cccc(Cl)c2F)c1Cl. The second-order valence-electron chi connectivity index (χ2n) is 3.44. The molecule has 7 heteroatoms. The minimum atomic E-state index is -1.23. The molecule has 0 spiro atoms. The van der Waals surface area contributed by atoms with Gasteiger partial charge >= 0.3 is 5.97 Å². The molecule has 1 aromatic carbocycles. The summed E-state index contributed by atoms with van der Waals surface area (Å²) in [6.07, 6.45) is 1.20. The van der Waals surface area contributed by atoms with Gasteiger partial charge in [0.05, 0.1) is 10.6 Å². The molecule has 0 aliphatic heterocycles. The molecule has 1 aromatic heterocycles. The lowest BCUT2D eigenvalue weighted by atomic mass is 10.2. The van der Waals surface area contributed by atoms with Crippen molar-refractivity contribution in [2.45, 2.75) is 0 Å². The Morgan fingerprint density at radius 2 is 2.05 bits per heavy atom. The normalized spacial score (nSPS) is 10.3. The van der Waals surface area contributed by atoms with Crippen molar-refractivity contribution in [2.24, 2.45) is 0 Å². The first-order chi connectivity index (χ1) is 9.00. The molecular formula is C12H6Cl2FNO3. The molecule has 4 nitrogen and oxygen atoms in total. The molecule has 2 aromatic rings. The van der Waals surface area contributed by atoms with E-state index in [2.05, 4.69) is 4.98 Å². The van der Waals surface area contributed by atoms with Crippen LogP contribution in [0.25, 0.3) is 0 Å². The number of ether oxygens (including phenoxy) is 1. The van der Waals surface area contributed by atoms with Crippen LogP contribution < -0.4 is 4.74 Å². The third kappa shape index (κ3) is 2.77. The summed E-state index contributed by atoms with van der Waals surface area (Å²) in [5.74, 6) is -2.40. The van der Waals surface area contributed by atoms with E-state index in [4.69, 9.17) is 33.0 Å². The van der Waals surface area contributed by atoms with E-state index < -0.39 is 11.8 Å². The molecule has 0 radical (unpaired) electrons. The second-order valence-corrected chi connectivity index (χ2v) is 4.22. The summed E-state index contributed by atoms with van der Waals surface area (Å²) in [6, 6.07) is 5.38. The van der Waals surface area contributed by atoms with Crippen molar-refractivity contribution >= 4 is 29.2 Å². The molecule has 0 aliphatic rings. The van der Waals surface area contributed by atoms with Gasteiger partial charge < -0.3 is 9.84 Å². The first-order valence-electron chi connectivity index (χ1n) is 5.00.